The van der Waals surface area contributed by atoms with E-state index in [1.807, 2.05) is 0 Å². The van der Waals surface area contributed by atoms with Crippen LogP contribution in [0.5, 0.6) is 0 Å². The van der Waals surface area contributed by atoms with Crippen molar-refractivity contribution in [2.75, 3.05) is 39.3 Å². The van der Waals surface area contributed by atoms with E-state index in [4.69, 9.17) is 5.73 Å². The Kier molecular flexibility index (Phi) is 5.49. The summed E-state index contributed by atoms with van der Waals surface area (Å²) in [4.78, 5) is 9.37. The number of hydrogen-bond acceptors (Lipinski definition) is 2. The summed E-state index contributed by atoms with van der Waals surface area (Å²) in [5.41, 5.74) is 6.11. The van der Waals surface area contributed by atoms with E-state index in [0.29, 0.717) is 0 Å². The summed E-state index contributed by atoms with van der Waals surface area (Å²) in [7, 11) is 0. The standard InChI is InChI=1S/C15H30N4/c1-13-5-3-8-18(11-13)10-7-17-15(16)19-9-4-6-14(2)12-19/h13-14H,3-12H2,1-2H3,(H2,16,17). The van der Waals surface area contributed by atoms with Gasteiger partial charge in [-0.25, -0.2) is 0 Å². The van der Waals surface area contributed by atoms with Crippen LogP contribution in [-0.2, 0) is 0 Å². The highest BCUT2D eigenvalue weighted by atomic mass is 15.3. The number of aliphatic imine (C=N–C) groups is 1. The lowest BCUT2D eigenvalue weighted by Crippen LogP contribution is -2.44. The molecule has 2 unspecified atom stereocenters. The normalized spacial score (nSPS) is 30.6. The van der Waals surface area contributed by atoms with Gasteiger partial charge in [0.15, 0.2) is 5.96 Å². The minimum Gasteiger partial charge on any atom is -0.370 e. The van der Waals surface area contributed by atoms with Crippen LogP contribution in [0.2, 0.25) is 0 Å². The number of nitrogens with two attached hydrogens (primary N) is 1. The van der Waals surface area contributed by atoms with Crippen molar-refractivity contribution in [3.8, 4) is 0 Å². The molecule has 2 N–H and O–H groups in total. The van der Waals surface area contributed by atoms with Gasteiger partial charge in [-0.05, 0) is 44.1 Å². The minimum atomic E-state index is 0.755. The molecule has 2 aliphatic rings. The van der Waals surface area contributed by atoms with E-state index in [1.54, 1.807) is 0 Å². The lowest BCUT2D eigenvalue weighted by Gasteiger charge is -2.32. The van der Waals surface area contributed by atoms with Crippen molar-refractivity contribution < 1.29 is 0 Å². The summed E-state index contributed by atoms with van der Waals surface area (Å²) in [6.07, 6.45) is 5.30. The molecule has 4 heteroatoms. The molecule has 0 amide bonds. The maximum atomic E-state index is 6.11. The first-order valence-electron chi connectivity index (χ1n) is 7.92. The number of piperidine rings is 2. The molecular formula is C15H30N4. The molecule has 2 atom stereocenters. The fourth-order valence-corrected chi connectivity index (χ4v) is 3.29. The van der Waals surface area contributed by atoms with Crippen LogP contribution in [0.4, 0.5) is 0 Å². The van der Waals surface area contributed by atoms with Gasteiger partial charge >= 0.3 is 0 Å². The van der Waals surface area contributed by atoms with E-state index in [9.17, 15) is 0 Å². The lowest BCUT2D eigenvalue weighted by atomic mass is 10.0. The fraction of sp³-hybridized carbons (Fsp3) is 0.933. The summed E-state index contributed by atoms with van der Waals surface area (Å²) < 4.78 is 0. The molecule has 0 radical (unpaired) electrons. The molecule has 0 aromatic rings. The first-order valence-corrected chi connectivity index (χ1v) is 7.92. The predicted octanol–water partition coefficient (Wildman–Crippen LogP) is 1.76. The SMILES string of the molecule is CC1CCCN(CCN=C(N)N2CCCC(C)C2)C1. The van der Waals surface area contributed by atoms with Gasteiger partial charge in [-0.2, -0.15) is 0 Å². The molecule has 0 spiro atoms. The first-order chi connectivity index (χ1) is 9.15. The molecule has 0 aliphatic carbocycles. The van der Waals surface area contributed by atoms with Crippen LogP contribution in [-0.4, -0.2) is 55.0 Å². The molecule has 2 rings (SSSR count). The maximum Gasteiger partial charge on any atom is 0.191 e. The fourth-order valence-electron chi connectivity index (χ4n) is 3.29. The van der Waals surface area contributed by atoms with Gasteiger partial charge in [0.2, 0.25) is 0 Å². The smallest absolute Gasteiger partial charge is 0.191 e. The van der Waals surface area contributed by atoms with Gasteiger partial charge in [-0.1, -0.05) is 13.8 Å². The van der Waals surface area contributed by atoms with E-state index in [0.717, 1.165) is 44.0 Å². The van der Waals surface area contributed by atoms with Gasteiger partial charge in [-0.15, -0.1) is 0 Å². The summed E-state index contributed by atoms with van der Waals surface area (Å²) in [5, 5.41) is 0. The van der Waals surface area contributed by atoms with Crippen LogP contribution in [0.3, 0.4) is 0 Å². The van der Waals surface area contributed by atoms with Crippen molar-refractivity contribution in [3.05, 3.63) is 0 Å². The number of hydrogen-bond donors (Lipinski definition) is 1. The topological polar surface area (TPSA) is 44.9 Å². The highest BCUT2D eigenvalue weighted by Gasteiger charge is 2.18. The Hall–Kier alpha value is -0.770. The highest BCUT2D eigenvalue weighted by Crippen LogP contribution is 2.16. The second kappa shape index (κ2) is 7.13. The van der Waals surface area contributed by atoms with Crippen molar-refractivity contribution in [1.29, 1.82) is 0 Å². The molecule has 0 aromatic carbocycles. The summed E-state index contributed by atoms with van der Waals surface area (Å²) in [6, 6.07) is 0. The second-order valence-corrected chi connectivity index (χ2v) is 6.48. The molecule has 2 heterocycles. The van der Waals surface area contributed by atoms with E-state index in [1.165, 1.54) is 38.8 Å². The zero-order chi connectivity index (χ0) is 13.7. The van der Waals surface area contributed by atoms with Crippen molar-refractivity contribution in [2.45, 2.75) is 39.5 Å². The van der Waals surface area contributed by atoms with Crippen LogP contribution in [0, 0.1) is 11.8 Å². The molecular weight excluding hydrogens is 236 g/mol. The lowest BCUT2D eigenvalue weighted by molar-refractivity contribution is 0.188. The van der Waals surface area contributed by atoms with Gasteiger partial charge in [0.1, 0.15) is 0 Å². The first kappa shape index (κ1) is 14.6. The third-order valence-electron chi connectivity index (χ3n) is 4.41. The quantitative estimate of drug-likeness (QED) is 0.625. The summed E-state index contributed by atoms with van der Waals surface area (Å²) >= 11 is 0. The molecule has 2 fully saturated rings. The second-order valence-electron chi connectivity index (χ2n) is 6.48. The van der Waals surface area contributed by atoms with E-state index in [2.05, 4.69) is 28.6 Å². The van der Waals surface area contributed by atoms with Crippen LogP contribution in [0.25, 0.3) is 0 Å². The van der Waals surface area contributed by atoms with Crippen molar-refractivity contribution >= 4 is 5.96 Å². The van der Waals surface area contributed by atoms with Gasteiger partial charge < -0.3 is 15.5 Å². The van der Waals surface area contributed by atoms with Crippen LogP contribution >= 0.6 is 0 Å². The molecule has 4 nitrogen and oxygen atoms in total. The molecule has 2 saturated heterocycles. The third kappa shape index (κ3) is 4.68. The van der Waals surface area contributed by atoms with E-state index in [-0.39, 0.29) is 0 Å². The van der Waals surface area contributed by atoms with E-state index < -0.39 is 0 Å². The minimum absolute atomic E-state index is 0.755. The molecule has 0 bridgehead atoms. The predicted molar refractivity (Wildman–Crippen MR) is 81.3 cm³/mol. The zero-order valence-corrected chi connectivity index (χ0v) is 12.6. The summed E-state index contributed by atoms with van der Waals surface area (Å²) in [6.45, 7) is 11.2. The Morgan fingerprint density at radius 2 is 1.79 bits per heavy atom. The van der Waals surface area contributed by atoms with Gasteiger partial charge in [-0.3, -0.25) is 4.99 Å². The maximum absolute atomic E-state index is 6.11. The average Bonchev–Trinajstić information content (AvgIpc) is 2.38. The molecule has 110 valence electrons. The number of nitrogens with zero attached hydrogens (tertiary/aromatic N) is 3. The molecule has 0 saturated carbocycles. The van der Waals surface area contributed by atoms with Crippen molar-refractivity contribution in [1.82, 2.24) is 9.80 Å². The van der Waals surface area contributed by atoms with E-state index >= 15 is 0 Å². The number of likely N-dealkylation sites (tertiary alicyclic amines) is 2. The average molecular weight is 266 g/mol. The van der Waals surface area contributed by atoms with Crippen LogP contribution < -0.4 is 5.73 Å². The van der Waals surface area contributed by atoms with Gasteiger partial charge in [0.25, 0.3) is 0 Å². The largest absolute Gasteiger partial charge is 0.370 e. The molecule has 2 aliphatic heterocycles. The Morgan fingerprint density at radius 3 is 2.47 bits per heavy atom. The number of rotatable bonds is 3. The van der Waals surface area contributed by atoms with Crippen LogP contribution in [0.15, 0.2) is 4.99 Å². The Morgan fingerprint density at radius 1 is 1.11 bits per heavy atom. The van der Waals surface area contributed by atoms with Crippen molar-refractivity contribution in [2.24, 2.45) is 22.6 Å². The Bertz CT molecular complexity index is 303. The molecule has 19 heavy (non-hydrogen) atoms. The van der Waals surface area contributed by atoms with Crippen molar-refractivity contribution in [3.63, 3.8) is 0 Å². The monoisotopic (exact) mass is 266 g/mol. The van der Waals surface area contributed by atoms with Gasteiger partial charge in [0.05, 0.1) is 6.54 Å². The Balaban J connectivity index is 1.72. The number of guanidine groups is 1. The third-order valence-corrected chi connectivity index (χ3v) is 4.41. The zero-order valence-electron chi connectivity index (χ0n) is 12.6. The van der Waals surface area contributed by atoms with Crippen LogP contribution in [0.1, 0.15) is 39.5 Å². The van der Waals surface area contributed by atoms with Gasteiger partial charge in [0, 0.05) is 26.2 Å². The summed E-state index contributed by atoms with van der Waals surface area (Å²) in [5.74, 6) is 2.36. The molecule has 0 aromatic heterocycles. The Labute approximate surface area is 118 Å². The highest BCUT2D eigenvalue weighted by molar-refractivity contribution is 5.78.